The van der Waals surface area contributed by atoms with Crippen LogP contribution in [0.15, 0.2) is 12.2 Å². The highest BCUT2D eigenvalue weighted by molar-refractivity contribution is 7.13. The predicted octanol–water partition coefficient (Wildman–Crippen LogP) is 9.21. The summed E-state index contributed by atoms with van der Waals surface area (Å²) in [5.41, 5.74) is 1.64. The minimum atomic E-state index is -1.32. The lowest BCUT2D eigenvalue weighted by molar-refractivity contribution is 1.20. The van der Waals surface area contributed by atoms with Gasteiger partial charge >= 0.3 is 0 Å². The van der Waals surface area contributed by atoms with Gasteiger partial charge in [0.1, 0.15) is 0 Å². The fraction of sp³-hybridized carbons (Fsp3) is 0.909. The molecule has 0 saturated carbocycles. The quantitative estimate of drug-likeness (QED) is 0.212. The van der Waals surface area contributed by atoms with Gasteiger partial charge in [-0.1, -0.05) is 120 Å². The Morgan fingerprint density at radius 1 is 0.464 bits per heavy atom. The van der Waals surface area contributed by atoms with Crippen molar-refractivity contribution >= 4 is 48.4 Å². The first-order chi connectivity index (χ1) is 11.8. The molecule has 6 heteroatoms. The Morgan fingerprint density at radius 3 is 0.786 bits per heavy atom. The van der Waals surface area contributed by atoms with Crippen molar-refractivity contribution in [3.05, 3.63) is 12.2 Å². The molecule has 0 unspecified atom stereocenters. The van der Waals surface area contributed by atoms with Crippen molar-refractivity contribution in [2.45, 2.75) is 126 Å². The predicted molar refractivity (Wildman–Crippen MR) is 155 cm³/mol. The second-order valence-corrected chi connectivity index (χ2v) is 49.9. The first-order valence-corrected chi connectivity index (χ1v) is 32.4. The molecule has 0 amide bonds. The smallest absolute Gasteiger partial charge is 0.0492 e. The summed E-state index contributed by atoms with van der Waals surface area (Å²) in [5.74, 6) is 0. The Balaban J connectivity index is 5.73. The number of hydrogen-bond donors (Lipinski definition) is 0. The summed E-state index contributed by atoms with van der Waals surface area (Å²) in [6, 6.07) is 2.76. The van der Waals surface area contributed by atoms with Crippen LogP contribution in [0.2, 0.25) is 126 Å². The fourth-order valence-corrected chi connectivity index (χ4v) is 71.8. The minimum Gasteiger partial charge on any atom is -0.100 e. The van der Waals surface area contributed by atoms with Crippen LogP contribution in [0.5, 0.6) is 0 Å². The number of hydrogen-bond acceptors (Lipinski definition) is 0. The van der Waals surface area contributed by atoms with Gasteiger partial charge in [-0.3, -0.25) is 0 Å². The molecule has 0 N–H and O–H groups in total. The Morgan fingerprint density at radius 2 is 0.643 bits per heavy atom. The monoisotopic (exact) mass is 488 g/mol. The molecular formula is C22H56Si6. The first-order valence-electron chi connectivity index (χ1n) is 11.5. The highest BCUT2D eigenvalue weighted by Crippen LogP contribution is 2.46. The van der Waals surface area contributed by atoms with Crippen molar-refractivity contribution < 1.29 is 0 Å². The zero-order valence-corrected chi connectivity index (χ0v) is 28.8. The molecule has 0 nitrogen and oxygen atoms in total. The maximum absolute atomic E-state index is 4.75. The van der Waals surface area contributed by atoms with Crippen LogP contribution in [0.1, 0.15) is 0 Å². The van der Waals surface area contributed by atoms with Gasteiger partial charge in [0.2, 0.25) is 0 Å². The van der Waals surface area contributed by atoms with E-state index in [1.807, 2.05) is 0 Å². The molecule has 0 aromatic rings. The van der Waals surface area contributed by atoms with E-state index in [2.05, 4.69) is 105 Å². The highest BCUT2D eigenvalue weighted by Gasteiger charge is 2.50. The fourth-order valence-electron chi connectivity index (χ4n) is 8.84. The molecule has 0 atom stereocenters. The summed E-state index contributed by atoms with van der Waals surface area (Å²) in [6.07, 6.45) is 0. The van der Waals surface area contributed by atoms with Crippen molar-refractivity contribution in [2.75, 3.05) is 0 Å². The van der Waals surface area contributed by atoms with Crippen molar-refractivity contribution in [1.29, 1.82) is 0 Å². The largest absolute Gasteiger partial charge is 0.100 e. The van der Waals surface area contributed by atoms with Crippen LogP contribution in [0, 0.1) is 0 Å². The molecule has 0 spiro atoms. The van der Waals surface area contributed by atoms with Gasteiger partial charge in [-0.25, -0.2) is 0 Å². The molecule has 0 rings (SSSR count). The van der Waals surface area contributed by atoms with E-state index in [9.17, 15) is 0 Å². The van der Waals surface area contributed by atoms with Crippen LogP contribution in [0.4, 0.5) is 0 Å². The molecule has 0 saturated heterocycles. The van der Waals surface area contributed by atoms with Gasteiger partial charge < -0.3 is 0 Å². The lowest BCUT2D eigenvalue weighted by Gasteiger charge is -2.50. The van der Waals surface area contributed by atoms with Crippen LogP contribution in [0.25, 0.3) is 0 Å². The van der Waals surface area contributed by atoms with Crippen molar-refractivity contribution in [2.24, 2.45) is 0 Å². The van der Waals surface area contributed by atoms with Crippen LogP contribution in [0.3, 0.4) is 0 Å². The van der Waals surface area contributed by atoms with E-state index < -0.39 is 48.4 Å². The van der Waals surface area contributed by atoms with Gasteiger partial charge in [0, 0.05) is 48.4 Å². The van der Waals surface area contributed by atoms with Gasteiger partial charge in [-0.15, -0.1) is 6.58 Å². The van der Waals surface area contributed by atoms with Crippen molar-refractivity contribution in [3.63, 3.8) is 0 Å². The molecule has 0 aliphatic carbocycles. The summed E-state index contributed by atoms with van der Waals surface area (Å²) >= 11 is 0. The number of allylic oxidation sites excluding steroid dienone is 1. The van der Waals surface area contributed by atoms with Crippen LogP contribution < -0.4 is 0 Å². The summed E-state index contributed by atoms with van der Waals surface area (Å²) < 4.78 is 0. The Labute approximate surface area is 186 Å². The second kappa shape index (κ2) is 8.88. The molecule has 0 aromatic heterocycles. The average molecular weight is 489 g/mol. The van der Waals surface area contributed by atoms with Gasteiger partial charge in [-0.05, 0) is 12.1 Å². The van der Waals surface area contributed by atoms with Gasteiger partial charge in [0.05, 0.1) is 0 Å². The Hall–Kier alpha value is 1.04. The van der Waals surface area contributed by atoms with E-state index in [1.165, 1.54) is 12.1 Å². The van der Waals surface area contributed by atoms with E-state index in [4.69, 9.17) is 6.58 Å². The van der Waals surface area contributed by atoms with Gasteiger partial charge in [0.15, 0.2) is 0 Å². The summed E-state index contributed by atoms with van der Waals surface area (Å²) in [5, 5.41) is 0. The van der Waals surface area contributed by atoms with Crippen LogP contribution in [-0.2, 0) is 0 Å². The molecule has 0 bridgehead atoms. The molecule has 0 heterocycles. The molecular weight excluding hydrogens is 433 g/mol. The van der Waals surface area contributed by atoms with E-state index in [0.29, 0.717) is 0 Å². The van der Waals surface area contributed by atoms with Crippen molar-refractivity contribution in [1.82, 2.24) is 0 Å². The third-order valence-corrected chi connectivity index (χ3v) is 49.5. The minimum absolute atomic E-state index is 1.07. The van der Waals surface area contributed by atoms with E-state index >= 15 is 0 Å². The second-order valence-electron chi connectivity index (χ2n) is 15.4. The Kier molecular flexibility index (Phi) is 9.21. The molecule has 0 fully saturated rings. The van der Waals surface area contributed by atoms with Crippen LogP contribution >= 0.6 is 0 Å². The zero-order valence-electron chi connectivity index (χ0n) is 22.8. The van der Waals surface area contributed by atoms with E-state index in [1.54, 1.807) is 5.57 Å². The first kappa shape index (κ1) is 29.0. The zero-order chi connectivity index (χ0) is 23.1. The molecule has 0 radical (unpaired) electrons. The Bertz CT molecular complexity index is 459. The number of rotatable bonds is 10. The maximum Gasteiger partial charge on any atom is 0.0492 e. The summed E-state index contributed by atoms with van der Waals surface area (Å²) in [4.78, 5) is 2.14. The molecule has 0 aromatic carbocycles. The molecule has 28 heavy (non-hydrogen) atoms. The third-order valence-electron chi connectivity index (χ3n) is 6.44. The van der Waals surface area contributed by atoms with Crippen molar-refractivity contribution in [3.8, 4) is 0 Å². The van der Waals surface area contributed by atoms with Crippen LogP contribution in [-0.4, -0.2) is 48.4 Å². The lowest BCUT2D eigenvalue weighted by Crippen LogP contribution is -2.58. The highest BCUT2D eigenvalue weighted by atomic mass is 28.5. The maximum atomic E-state index is 4.75. The SMILES string of the molecule is C=C(C[Si](C)(C)C([Si](C)(C)C)[Si](C)(C)C)C[Si](C)(C)C([Si](C)(C)C)[Si](C)(C)C. The summed E-state index contributed by atoms with van der Waals surface area (Å²) in [7, 11) is -7.28. The van der Waals surface area contributed by atoms with Gasteiger partial charge in [0.25, 0.3) is 0 Å². The normalized spacial score (nSPS) is 15.5. The van der Waals surface area contributed by atoms with Gasteiger partial charge in [-0.2, -0.15) is 0 Å². The average Bonchev–Trinajstić information content (AvgIpc) is 2.13. The molecule has 0 aliphatic heterocycles. The summed E-state index contributed by atoms with van der Waals surface area (Å²) in [6.45, 7) is 47.2. The molecule has 0 aliphatic rings. The van der Waals surface area contributed by atoms with E-state index in [0.717, 1.165) is 9.58 Å². The molecule has 168 valence electrons. The standard InChI is InChI=1S/C22H56Si6/c1-20(18-27(14,15)21(23(2,3)4)24(5,6)7)19-28(16,17)22(25(8,9)10)26(11,12)13/h21-22H,1,18-19H2,2-17H3. The lowest BCUT2D eigenvalue weighted by atomic mass is 10.4. The topological polar surface area (TPSA) is 0 Å². The van der Waals surface area contributed by atoms with E-state index in [-0.39, 0.29) is 0 Å². The third kappa shape index (κ3) is 8.29.